The van der Waals surface area contributed by atoms with Crippen LogP contribution in [0, 0.1) is 23.2 Å². The molecule has 0 saturated heterocycles. The third-order valence-electron chi connectivity index (χ3n) is 5.19. The van der Waals surface area contributed by atoms with E-state index in [1.165, 1.54) is 19.3 Å². The Bertz CT molecular complexity index is 223. The molecular weight excluding hydrogens is 187 g/mol. The summed E-state index contributed by atoms with van der Waals surface area (Å²) in [5.74, 6) is 2.28. The quantitative estimate of drug-likeness (QED) is 0.596. The van der Waals surface area contributed by atoms with Gasteiger partial charge in [-0.1, -0.05) is 27.2 Å². The summed E-state index contributed by atoms with van der Waals surface area (Å²) in [7, 11) is 0. The summed E-state index contributed by atoms with van der Waals surface area (Å²) >= 11 is 0. The van der Waals surface area contributed by atoms with E-state index in [9.17, 15) is 4.39 Å². The van der Waals surface area contributed by atoms with E-state index in [0.717, 1.165) is 31.1 Å². The van der Waals surface area contributed by atoms with Crippen LogP contribution in [0.25, 0.3) is 0 Å². The summed E-state index contributed by atoms with van der Waals surface area (Å²) in [4.78, 5) is 0. The fourth-order valence-electron chi connectivity index (χ4n) is 4.31. The van der Waals surface area contributed by atoms with E-state index in [0.29, 0.717) is 11.3 Å². The second-order valence-corrected chi connectivity index (χ2v) is 6.36. The molecule has 4 atom stereocenters. The van der Waals surface area contributed by atoms with E-state index in [2.05, 4.69) is 20.8 Å². The van der Waals surface area contributed by atoms with Crippen LogP contribution in [0.4, 0.5) is 4.39 Å². The Morgan fingerprint density at radius 3 is 2.60 bits per heavy atom. The third kappa shape index (κ3) is 1.94. The molecule has 4 unspecified atom stereocenters. The number of fused-ring (bicyclic) bond motifs is 1. The summed E-state index contributed by atoms with van der Waals surface area (Å²) in [5.41, 5.74) is 0.453. The summed E-state index contributed by atoms with van der Waals surface area (Å²) in [5, 5.41) is 0. The third-order valence-corrected chi connectivity index (χ3v) is 5.19. The van der Waals surface area contributed by atoms with Crippen molar-refractivity contribution in [3.8, 4) is 0 Å². The molecular formula is C14H25F. The highest BCUT2D eigenvalue weighted by Crippen LogP contribution is 2.55. The van der Waals surface area contributed by atoms with Gasteiger partial charge >= 0.3 is 0 Å². The van der Waals surface area contributed by atoms with Gasteiger partial charge in [0.25, 0.3) is 0 Å². The summed E-state index contributed by atoms with van der Waals surface area (Å²) in [6, 6.07) is 0. The Kier molecular flexibility index (Phi) is 3.10. The Hall–Kier alpha value is -0.0700. The molecule has 2 saturated carbocycles. The number of hydrogen-bond donors (Lipinski definition) is 0. The van der Waals surface area contributed by atoms with Crippen molar-refractivity contribution >= 4 is 0 Å². The predicted molar refractivity (Wildman–Crippen MR) is 62.5 cm³/mol. The van der Waals surface area contributed by atoms with Crippen LogP contribution in [0.5, 0.6) is 0 Å². The van der Waals surface area contributed by atoms with Crippen molar-refractivity contribution in [1.29, 1.82) is 0 Å². The van der Waals surface area contributed by atoms with Crippen LogP contribution >= 0.6 is 0 Å². The van der Waals surface area contributed by atoms with Crippen molar-refractivity contribution in [2.45, 2.75) is 65.5 Å². The van der Waals surface area contributed by atoms with E-state index in [1.807, 2.05) is 0 Å². The van der Waals surface area contributed by atoms with E-state index in [4.69, 9.17) is 0 Å². The summed E-state index contributed by atoms with van der Waals surface area (Å²) in [6.07, 6.45) is 6.27. The fraction of sp³-hybridized carbons (Fsp3) is 1.00. The first-order valence-corrected chi connectivity index (χ1v) is 6.68. The Labute approximate surface area is 93.6 Å². The van der Waals surface area contributed by atoms with Crippen molar-refractivity contribution in [3.05, 3.63) is 0 Å². The van der Waals surface area contributed by atoms with Crippen LogP contribution in [-0.2, 0) is 0 Å². The molecule has 15 heavy (non-hydrogen) atoms. The highest BCUT2D eigenvalue weighted by molar-refractivity contribution is 4.97. The molecule has 0 bridgehead atoms. The molecule has 2 fully saturated rings. The average molecular weight is 212 g/mol. The van der Waals surface area contributed by atoms with Gasteiger partial charge in [-0.05, 0) is 55.3 Å². The zero-order valence-electron chi connectivity index (χ0n) is 10.4. The minimum atomic E-state index is -0.506. The summed E-state index contributed by atoms with van der Waals surface area (Å²) in [6.45, 7) is 7.13. The zero-order chi connectivity index (χ0) is 11.1. The van der Waals surface area contributed by atoms with Gasteiger partial charge in [-0.3, -0.25) is 0 Å². The van der Waals surface area contributed by atoms with Crippen molar-refractivity contribution in [2.24, 2.45) is 23.2 Å². The SMILES string of the molecule is CC(C)C1CCCC2CC(F)CCC21C. The molecule has 0 radical (unpaired) electrons. The largest absolute Gasteiger partial charge is 0.247 e. The number of hydrogen-bond acceptors (Lipinski definition) is 0. The van der Waals surface area contributed by atoms with Gasteiger partial charge in [0.05, 0.1) is 0 Å². The second kappa shape index (κ2) is 4.07. The minimum Gasteiger partial charge on any atom is -0.247 e. The Morgan fingerprint density at radius 1 is 1.20 bits per heavy atom. The van der Waals surface area contributed by atoms with Crippen LogP contribution in [0.1, 0.15) is 59.3 Å². The standard InChI is InChI=1S/C14H25F/c1-10(2)13-6-4-5-11-9-12(15)7-8-14(11,13)3/h10-13H,4-9H2,1-3H3. The lowest BCUT2D eigenvalue weighted by atomic mass is 9.53. The predicted octanol–water partition coefficient (Wildman–Crippen LogP) is 4.59. The van der Waals surface area contributed by atoms with E-state index < -0.39 is 6.17 Å². The van der Waals surface area contributed by atoms with Gasteiger partial charge in [0.15, 0.2) is 0 Å². The minimum absolute atomic E-state index is 0.453. The Morgan fingerprint density at radius 2 is 1.93 bits per heavy atom. The molecule has 0 aromatic rings. The molecule has 2 aliphatic carbocycles. The maximum atomic E-state index is 13.5. The summed E-state index contributed by atoms with van der Waals surface area (Å²) < 4.78 is 13.5. The zero-order valence-corrected chi connectivity index (χ0v) is 10.4. The van der Waals surface area contributed by atoms with E-state index in [1.54, 1.807) is 0 Å². The normalized spacial score (nSPS) is 46.6. The number of rotatable bonds is 1. The molecule has 0 spiro atoms. The topological polar surface area (TPSA) is 0 Å². The van der Waals surface area contributed by atoms with Gasteiger partial charge in [-0.15, -0.1) is 0 Å². The van der Waals surface area contributed by atoms with Crippen molar-refractivity contribution in [3.63, 3.8) is 0 Å². The monoisotopic (exact) mass is 212 g/mol. The molecule has 0 N–H and O–H groups in total. The number of halogens is 1. The van der Waals surface area contributed by atoms with E-state index in [-0.39, 0.29) is 0 Å². The molecule has 0 heterocycles. The molecule has 88 valence electrons. The molecule has 0 aromatic heterocycles. The van der Waals surface area contributed by atoms with E-state index >= 15 is 0 Å². The molecule has 1 heteroatoms. The van der Waals surface area contributed by atoms with Gasteiger partial charge in [0, 0.05) is 0 Å². The highest BCUT2D eigenvalue weighted by atomic mass is 19.1. The van der Waals surface area contributed by atoms with Crippen molar-refractivity contribution < 1.29 is 4.39 Å². The second-order valence-electron chi connectivity index (χ2n) is 6.36. The van der Waals surface area contributed by atoms with Crippen LogP contribution in [0.3, 0.4) is 0 Å². The first-order chi connectivity index (χ1) is 7.04. The maximum absolute atomic E-state index is 13.5. The van der Waals surface area contributed by atoms with Crippen LogP contribution in [0.2, 0.25) is 0 Å². The first-order valence-electron chi connectivity index (χ1n) is 6.68. The van der Waals surface area contributed by atoms with Gasteiger partial charge in [0.2, 0.25) is 0 Å². The molecule has 0 amide bonds. The van der Waals surface area contributed by atoms with Crippen molar-refractivity contribution in [2.75, 3.05) is 0 Å². The van der Waals surface area contributed by atoms with Gasteiger partial charge in [0.1, 0.15) is 6.17 Å². The molecule has 0 aromatic carbocycles. The first kappa shape index (κ1) is 11.4. The highest BCUT2D eigenvalue weighted by Gasteiger charge is 2.47. The molecule has 2 rings (SSSR count). The lowest BCUT2D eigenvalue weighted by Crippen LogP contribution is -2.45. The molecule has 0 nitrogen and oxygen atoms in total. The molecule has 2 aliphatic rings. The van der Waals surface area contributed by atoms with Crippen molar-refractivity contribution in [1.82, 2.24) is 0 Å². The lowest BCUT2D eigenvalue weighted by Gasteiger charge is -2.53. The molecule has 0 aliphatic heterocycles. The van der Waals surface area contributed by atoms with Gasteiger partial charge in [-0.2, -0.15) is 0 Å². The maximum Gasteiger partial charge on any atom is 0.100 e. The van der Waals surface area contributed by atoms with Crippen LogP contribution < -0.4 is 0 Å². The van der Waals surface area contributed by atoms with Gasteiger partial charge < -0.3 is 0 Å². The fourth-order valence-corrected chi connectivity index (χ4v) is 4.31. The smallest absolute Gasteiger partial charge is 0.100 e. The van der Waals surface area contributed by atoms with Crippen LogP contribution in [0.15, 0.2) is 0 Å². The van der Waals surface area contributed by atoms with Crippen LogP contribution in [-0.4, -0.2) is 6.17 Å². The number of alkyl halides is 1. The average Bonchev–Trinajstić information content (AvgIpc) is 2.17. The van der Waals surface area contributed by atoms with Gasteiger partial charge in [-0.25, -0.2) is 4.39 Å². The Balaban J connectivity index is 2.16. The lowest BCUT2D eigenvalue weighted by molar-refractivity contribution is -0.0432.